The molecule has 0 N–H and O–H groups in total. The fourth-order valence-corrected chi connectivity index (χ4v) is 0.997. The molecule has 0 fully saturated rings. The normalized spacial score (nSPS) is 9.27. The molecule has 0 saturated heterocycles. The summed E-state index contributed by atoms with van der Waals surface area (Å²) in [6, 6.07) is 0. The zero-order chi connectivity index (χ0) is 8.69. The quantitative estimate of drug-likeness (QED) is 0.460. The minimum atomic E-state index is -0.0200. The number of alkyl halides is 1. The number of rotatable bonds is 5. The van der Waals surface area contributed by atoms with Crippen LogP contribution in [0.15, 0.2) is 12.7 Å². The summed E-state index contributed by atoms with van der Waals surface area (Å²) in [4.78, 5) is 12.7. The fourth-order valence-electron chi connectivity index (χ4n) is 0.828. The van der Waals surface area contributed by atoms with Crippen molar-refractivity contribution in [3.8, 4) is 0 Å². The van der Waals surface area contributed by atoms with Gasteiger partial charge in [-0.2, -0.15) is 0 Å². The first-order valence-electron chi connectivity index (χ1n) is 3.70. The standard InChI is InChI=1S/C8H14ClNO/c1-3-5-10(6-4-2)8(11)7-9/h3H,1,4-7H2,2H3. The Kier molecular flexibility index (Phi) is 5.94. The molecule has 0 heterocycles. The van der Waals surface area contributed by atoms with E-state index in [2.05, 4.69) is 6.58 Å². The molecule has 0 aromatic heterocycles. The molecule has 0 aliphatic rings. The maximum Gasteiger partial charge on any atom is 0.237 e. The molecule has 11 heavy (non-hydrogen) atoms. The monoisotopic (exact) mass is 175 g/mol. The third-order valence-corrected chi connectivity index (χ3v) is 1.54. The molecule has 0 atom stereocenters. The molecule has 0 aliphatic heterocycles. The van der Waals surface area contributed by atoms with Gasteiger partial charge in [0, 0.05) is 13.1 Å². The molecular formula is C8H14ClNO. The first-order valence-corrected chi connectivity index (χ1v) is 4.24. The van der Waals surface area contributed by atoms with Crippen molar-refractivity contribution in [2.75, 3.05) is 19.0 Å². The van der Waals surface area contributed by atoms with Crippen LogP contribution in [0.1, 0.15) is 13.3 Å². The van der Waals surface area contributed by atoms with Gasteiger partial charge in [-0.3, -0.25) is 4.79 Å². The van der Waals surface area contributed by atoms with Crippen molar-refractivity contribution in [2.24, 2.45) is 0 Å². The minimum Gasteiger partial charge on any atom is -0.338 e. The second-order valence-electron chi connectivity index (χ2n) is 2.26. The van der Waals surface area contributed by atoms with Crippen LogP contribution in [0.25, 0.3) is 0 Å². The van der Waals surface area contributed by atoms with Gasteiger partial charge in [0.2, 0.25) is 5.91 Å². The smallest absolute Gasteiger partial charge is 0.237 e. The van der Waals surface area contributed by atoms with Crippen LogP contribution >= 0.6 is 11.6 Å². The number of halogens is 1. The van der Waals surface area contributed by atoms with Crippen LogP contribution in [0, 0.1) is 0 Å². The summed E-state index contributed by atoms with van der Waals surface area (Å²) in [6.07, 6.45) is 2.66. The number of carbonyl (C=O) groups excluding carboxylic acids is 1. The Balaban J connectivity index is 3.86. The van der Waals surface area contributed by atoms with E-state index in [4.69, 9.17) is 11.6 Å². The van der Waals surface area contributed by atoms with Crippen molar-refractivity contribution in [3.63, 3.8) is 0 Å². The summed E-state index contributed by atoms with van der Waals surface area (Å²) in [5.41, 5.74) is 0. The van der Waals surface area contributed by atoms with Gasteiger partial charge < -0.3 is 4.90 Å². The summed E-state index contributed by atoms with van der Waals surface area (Å²) in [7, 11) is 0. The molecule has 0 aromatic rings. The molecular weight excluding hydrogens is 162 g/mol. The topological polar surface area (TPSA) is 20.3 Å². The van der Waals surface area contributed by atoms with Gasteiger partial charge in [0.05, 0.1) is 0 Å². The van der Waals surface area contributed by atoms with Crippen LogP contribution in [-0.2, 0) is 4.79 Å². The maximum atomic E-state index is 11.0. The summed E-state index contributed by atoms with van der Waals surface area (Å²) >= 11 is 5.39. The van der Waals surface area contributed by atoms with Gasteiger partial charge in [-0.25, -0.2) is 0 Å². The Bertz CT molecular complexity index is 136. The highest BCUT2D eigenvalue weighted by Gasteiger charge is 2.07. The molecule has 0 aliphatic carbocycles. The number of hydrogen-bond acceptors (Lipinski definition) is 1. The predicted octanol–water partition coefficient (Wildman–Crippen LogP) is 1.65. The predicted molar refractivity (Wildman–Crippen MR) is 47.8 cm³/mol. The summed E-state index contributed by atoms with van der Waals surface area (Å²) in [5, 5.41) is 0. The van der Waals surface area contributed by atoms with E-state index in [-0.39, 0.29) is 11.8 Å². The van der Waals surface area contributed by atoms with Gasteiger partial charge in [0.25, 0.3) is 0 Å². The first-order chi connectivity index (χ1) is 5.26. The second kappa shape index (κ2) is 6.23. The van der Waals surface area contributed by atoms with Crippen LogP contribution in [-0.4, -0.2) is 29.8 Å². The van der Waals surface area contributed by atoms with Gasteiger partial charge >= 0.3 is 0 Å². The van der Waals surface area contributed by atoms with Crippen molar-refractivity contribution in [1.82, 2.24) is 4.90 Å². The van der Waals surface area contributed by atoms with E-state index in [0.29, 0.717) is 6.54 Å². The van der Waals surface area contributed by atoms with E-state index < -0.39 is 0 Å². The third-order valence-electron chi connectivity index (χ3n) is 1.31. The van der Waals surface area contributed by atoms with Gasteiger partial charge in [-0.1, -0.05) is 13.0 Å². The van der Waals surface area contributed by atoms with Gasteiger partial charge in [0.15, 0.2) is 0 Å². The molecule has 64 valence electrons. The molecule has 0 spiro atoms. The lowest BCUT2D eigenvalue weighted by Crippen LogP contribution is -2.32. The Hall–Kier alpha value is -0.500. The van der Waals surface area contributed by atoms with Crippen molar-refractivity contribution in [3.05, 3.63) is 12.7 Å². The maximum absolute atomic E-state index is 11.0. The molecule has 0 radical (unpaired) electrons. The summed E-state index contributed by atoms with van der Waals surface area (Å²) < 4.78 is 0. The van der Waals surface area contributed by atoms with E-state index in [1.165, 1.54) is 0 Å². The summed E-state index contributed by atoms with van der Waals surface area (Å²) in [5.74, 6) is 0.0433. The van der Waals surface area contributed by atoms with Gasteiger partial charge in [0.1, 0.15) is 5.88 Å². The average Bonchev–Trinajstić information content (AvgIpc) is 2.03. The zero-order valence-electron chi connectivity index (χ0n) is 6.85. The van der Waals surface area contributed by atoms with Crippen LogP contribution < -0.4 is 0 Å². The Morgan fingerprint density at radius 3 is 2.73 bits per heavy atom. The number of hydrogen-bond donors (Lipinski definition) is 0. The van der Waals surface area contributed by atoms with Crippen molar-refractivity contribution in [2.45, 2.75) is 13.3 Å². The highest BCUT2D eigenvalue weighted by Crippen LogP contribution is 1.94. The molecule has 0 aromatic carbocycles. The molecule has 0 saturated carbocycles. The minimum absolute atomic E-state index is 0.0200. The van der Waals surface area contributed by atoms with Crippen LogP contribution in [0.4, 0.5) is 0 Å². The average molecular weight is 176 g/mol. The van der Waals surface area contributed by atoms with Crippen LogP contribution in [0.5, 0.6) is 0 Å². The van der Waals surface area contributed by atoms with E-state index in [0.717, 1.165) is 13.0 Å². The first kappa shape index (κ1) is 10.5. The Morgan fingerprint density at radius 1 is 1.73 bits per heavy atom. The van der Waals surface area contributed by atoms with Crippen molar-refractivity contribution in [1.29, 1.82) is 0 Å². The lowest BCUT2D eigenvalue weighted by atomic mass is 10.4. The van der Waals surface area contributed by atoms with E-state index in [1.54, 1.807) is 11.0 Å². The largest absolute Gasteiger partial charge is 0.338 e. The highest BCUT2D eigenvalue weighted by molar-refractivity contribution is 6.27. The van der Waals surface area contributed by atoms with Crippen molar-refractivity contribution < 1.29 is 4.79 Å². The SMILES string of the molecule is C=CCN(CCC)C(=O)CCl. The fraction of sp³-hybridized carbons (Fsp3) is 0.625. The van der Waals surface area contributed by atoms with E-state index in [1.807, 2.05) is 6.92 Å². The third kappa shape index (κ3) is 4.04. The lowest BCUT2D eigenvalue weighted by Gasteiger charge is -2.18. The molecule has 3 heteroatoms. The number of amides is 1. The number of nitrogens with zero attached hydrogens (tertiary/aromatic N) is 1. The lowest BCUT2D eigenvalue weighted by molar-refractivity contribution is -0.128. The van der Waals surface area contributed by atoms with Crippen molar-refractivity contribution >= 4 is 17.5 Å². The zero-order valence-corrected chi connectivity index (χ0v) is 7.60. The summed E-state index contributed by atoms with van der Waals surface area (Å²) in [6.45, 7) is 6.95. The molecule has 1 amide bonds. The van der Waals surface area contributed by atoms with E-state index in [9.17, 15) is 4.79 Å². The van der Waals surface area contributed by atoms with Crippen LogP contribution in [0.3, 0.4) is 0 Å². The molecule has 0 unspecified atom stereocenters. The van der Waals surface area contributed by atoms with Crippen LogP contribution in [0.2, 0.25) is 0 Å². The molecule has 0 rings (SSSR count). The number of carbonyl (C=O) groups is 1. The second-order valence-corrected chi connectivity index (χ2v) is 2.53. The molecule has 0 bridgehead atoms. The van der Waals surface area contributed by atoms with Gasteiger partial charge in [-0.05, 0) is 6.42 Å². The van der Waals surface area contributed by atoms with E-state index >= 15 is 0 Å². The Morgan fingerprint density at radius 2 is 2.36 bits per heavy atom. The highest BCUT2D eigenvalue weighted by atomic mass is 35.5. The van der Waals surface area contributed by atoms with Gasteiger partial charge in [-0.15, -0.1) is 18.2 Å². The Labute approximate surface area is 72.8 Å². The molecule has 2 nitrogen and oxygen atoms in total.